The van der Waals surface area contributed by atoms with Crippen LogP contribution >= 0.6 is 0 Å². The summed E-state index contributed by atoms with van der Waals surface area (Å²) < 4.78 is 4.93. The van der Waals surface area contributed by atoms with E-state index in [0.29, 0.717) is 5.56 Å². The highest BCUT2D eigenvalue weighted by atomic mass is 16.5. The Kier molecular flexibility index (Phi) is 2.58. The van der Waals surface area contributed by atoms with Crippen molar-refractivity contribution in [1.82, 2.24) is 0 Å². The summed E-state index contributed by atoms with van der Waals surface area (Å²) >= 11 is 0. The van der Waals surface area contributed by atoms with Crippen LogP contribution in [0.2, 0.25) is 0 Å². The Balaban J connectivity index is 2.91. The summed E-state index contributed by atoms with van der Waals surface area (Å²) in [6, 6.07) is 6.71. The van der Waals surface area contributed by atoms with Gasteiger partial charge in [-0.25, -0.2) is 4.99 Å². The van der Waals surface area contributed by atoms with Gasteiger partial charge < -0.3 is 4.74 Å². The second kappa shape index (κ2) is 3.67. The molecule has 0 spiro atoms. The van der Waals surface area contributed by atoms with Crippen LogP contribution in [0.3, 0.4) is 0 Å². The number of methoxy groups -OCH3 is 1. The van der Waals surface area contributed by atoms with Crippen molar-refractivity contribution in [3.63, 3.8) is 0 Å². The molecular formula is C9H9NO2. The summed E-state index contributed by atoms with van der Waals surface area (Å²) in [5.41, 5.74) is 0.519. The molecule has 0 saturated carbocycles. The molecule has 0 aliphatic carbocycles. The van der Waals surface area contributed by atoms with Gasteiger partial charge >= 0.3 is 0 Å². The first-order valence-corrected chi connectivity index (χ1v) is 3.43. The van der Waals surface area contributed by atoms with E-state index in [-0.39, 0.29) is 5.91 Å². The number of ether oxygens (including phenoxy) is 1. The minimum Gasteiger partial charge on any atom is -0.497 e. The third kappa shape index (κ3) is 1.69. The number of hydrogen-bond acceptors (Lipinski definition) is 2. The van der Waals surface area contributed by atoms with E-state index < -0.39 is 0 Å². The van der Waals surface area contributed by atoms with Gasteiger partial charge in [-0.1, -0.05) is 0 Å². The van der Waals surface area contributed by atoms with Crippen molar-refractivity contribution >= 4 is 12.6 Å². The topological polar surface area (TPSA) is 38.7 Å². The Hall–Kier alpha value is -1.64. The first-order valence-electron chi connectivity index (χ1n) is 3.43. The van der Waals surface area contributed by atoms with Gasteiger partial charge in [-0.15, -0.1) is 0 Å². The molecule has 1 amide bonds. The summed E-state index contributed by atoms with van der Waals surface area (Å²) in [7, 11) is 1.57. The van der Waals surface area contributed by atoms with Gasteiger partial charge in [0.1, 0.15) is 5.75 Å². The molecule has 12 heavy (non-hydrogen) atoms. The van der Waals surface area contributed by atoms with Gasteiger partial charge in [-0.3, -0.25) is 4.79 Å². The van der Waals surface area contributed by atoms with Crippen molar-refractivity contribution in [3.8, 4) is 5.75 Å². The van der Waals surface area contributed by atoms with Crippen molar-refractivity contribution in [1.29, 1.82) is 0 Å². The molecule has 62 valence electrons. The number of hydrogen-bond donors (Lipinski definition) is 0. The lowest BCUT2D eigenvalue weighted by atomic mass is 10.2. The van der Waals surface area contributed by atoms with Crippen LogP contribution in [0.5, 0.6) is 5.75 Å². The van der Waals surface area contributed by atoms with E-state index >= 15 is 0 Å². The lowest BCUT2D eigenvalue weighted by Crippen LogP contribution is -1.93. The SMILES string of the molecule is C=NC(=O)c1ccc(OC)cc1. The molecule has 1 aromatic rings. The monoisotopic (exact) mass is 163 g/mol. The minimum absolute atomic E-state index is 0.322. The number of rotatable bonds is 2. The fraction of sp³-hybridized carbons (Fsp3) is 0.111. The van der Waals surface area contributed by atoms with E-state index in [1.165, 1.54) is 0 Å². The van der Waals surface area contributed by atoms with Crippen LogP contribution in [0.1, 0.15) is 10.4 Å². The largest absolute Gasteiger partial charge is 0.497 e. The molecule has 0 fully saturated rings. The van der Waals surface area contributed by atoms with E-state index in [4.69, 9.17) is 4.74 Å². The highest BCUT2D eigenvalue weighted by Crippen LogP contribution is 2.11. The maximum atomic E-state index is 10.9. The number of benzene rings is 1. The molecule has 0 heterocycles. The molecule has 1 aromatic carbocycles. The van der Waals surface area contributed by atoms with Crippen molar-refractivity contribution in [2.24, 2.45) is 4.99 Å². The summed E-state index contributed by atoms with van der Waals surface area (Å²) in [6.45, 7) is 3.15. The maximum Gasteiger partial charge on any atom is 0.276 e. The van der Waals surface area contributed by atoms with Crippen molar-refractivity contribution in [3.05, 3.63) is 29.8 Å². The molecule has 0 bridgehead atoms. The van der Waals surface area contributed by atoms with Crippen LogP contribution < -0.4 is 4.74 Å². The quantitative estimate of drug-likeness (QED) is 0.620. The Labute approximate surface area is 70.7 Å². The second-order valence-electron chi connectivity index (χ2n) is 2.19. The van der Waals surface area contributed by atoms with Crippen LogP contribution in [0, 0.1) is 0 Å². The van der Waals surface area contributed by atoms with Gasteiger partial charge in [0, 0.05) is 5.56 Å². The normalized spacial score (nSPS) is 9.08. The smallest absolute Gasteiger partial charge is 0.276 e. The van der Waals surface area contributed by atoms with Crippen LogP contribution in [-0.2, 0) is 0 Å². The third-order valence-electron chi connectivity index (χ3n) is 1.48. The van der Waals surface area contributed by atoms with Gasteiger partial charge in [0.15, 0.2) is 0 Å². The third-order valence-corrected chi connectivity index (χ3v) is 1.48. The van der Waals surface area contributed by atoms with E-state index in [9.17, 15) is 4.79 Å². The molecule has 0 aliphatic heterocycles. The van der Waals surface area contributed by atoms with Crippen LogP contribution in [-0.4, -0.2) is 19.7 Å². The van der Waals surface area contributed by atoms with Gasteiger partial charge in [-0.05, 0) is 31.0 Å². The molecule has 0 saturated heterocycles. The van der Waals surface area contributed by atoms with E-state index in [1.807, 2.05) is 0 Å². The number of nitrogens with zero attached hydrogens (tertiary/aromatic N) is 1. The number of amides is 1. The van der Waals surface area contributed by atoms with Gasteiger partial charge in [0.05, 0.1) is 7.11 Å². The number of aliphatic imine (C=N–C) groups is 1. The van der Waals surface area contributed by atoms with Crippen LogP contribution in [0.25, 0.3) is 0 Å². The fourth-order valence-electron chi connectivity index (χ4n) is 0.825. The average molecular weight is 163 g/mol. The number of carbonyl (C=O) groups is 1. The predicted octanol–water partition coefficient (Wildman–Crippen LogP) is 1.54. The summed E-state index contributed by atoms with van der Waals surface area (Å²) in [6.07, 6.45) is 0. The zero-order valence-electron chi connectivity index (χ0n) is 6.78. The Morgan fingerprint density at radius 3 is 2.42 bits per heavy atom. The molecule has 0 N–H and O–H groups in total. The molecule has 3 nitrogen and oxygen atoms in total. The van der Waals surface area contributed by atoms with Crippen molar-refractivity contribution in [2.75, 3.05) is 7.11 Å². The van der Waals surface area contributed by atoms with Crippen molar-refractivity contribution in [2.45, 2.75) is 0 Å². The molecule has 3 heteroatoms. The Morgan fingerprint density at radius 2 is 2.00 bits per heavy atom. The van der Waals surface area contributed by atoms with Gasteiger partial charge in [-0.2, -0.15) is 0 Å². The van der Waals surface area contributed by atoms with Gasteiger partial charge in [0.2, 0.25) is 0 Å². The fourth-order valence-corrected chi connectivity index (χ4v) is 0.825. The zero-order valence-corrected chi connectivity index (χ0v) is 6.78. The summed E-state index contributed by atoms with van der Waals surface area (Å²) in [4.78, 5) is 14.2. The maximum absolute atomic E-state index is 10.9. The zero-order chi connectivity index (χ0) is 8.97. The highest BCUT2D eigenvalue weighted by molar-refractivity contribution is 5.97. The average Bonchev–Trinajstić information content (AvgIpc) is 2.17. The van der Waals surface area contributed by atoms with Gasteiger partial charge in [0.25, 0.3) is 5.91 Å². The molecule has 1 rings (SSSR count). The molecule has 0 aromatic heterocycles. The molecular weight excluding hydrogens is 154 g/mol. The summed E-state index contributed by atoms with van der Waals surface area (Å²) in [5.74, 6) is 0.397. The molecule has 0 radical (unpaired) electrons. The van der Waals surface area contributed by atoms with Crippen LogP contribution in [0.4, 0.5) is 0 Å². The minimum atomic E-state index is -0.322. The summed E-state index contributed by atoms with van der Waals surface area (Å²) in [5, 5.41) is 0. The Morgan fingerprint density at radius 1 is 1.42 bits per heavy atom. The molecule has 0 aliphatic rings. The lowest BCUT2D eigenvalue weighted by Gasteiger charge is -1.98. The van der Waals surface area contributed by atoms with E-state index in [0.717, 1.165) is 5.75 Å². The van der Waals surface area contributed by atoms with Crippen molar-refractivity contribution < 1.29 is 9.53 Å². The predicted molar refractivity (Wildman–Crippen MR) is 46.9 cm³/mol. The highest BCUT2D eigenvalue weighted by Gasteiger charge is 2.00. The lowest BCUT2D eigenvalue weighted by molar-refractivity contribution is 0.100. The second-order valence-corrected chi connectivity index (χ2v) is 2.19. The van der Waals surface area contributed by atoms with Crippen LogP contribution in [0.15, 0.2) is 29.3 Å². The first kappa shape index (κ1) is 8.46. The molecule has 0 unspecified atom stereocenters. The molecule has 0 atom stereocenters. The van der Waals surface area contributed by atoms with E-state index in [1.54, 1.807) is 31.4 Å². The standard InChI is InChI=1S/C9H9NO2/c1-10-9(11)7-3-5-8(12-2)6-4-7/h3-6H,1H2,2H3. The first-order chi connectivity index (χ1) is 5.77. The van der Waals surface area contributed by atoms with E-state index in [2.05, 4.69) is 11.7 Å². The number of carbonyl (C=O) groups excluding carboxylic acids is 1. The Bertz CT molecular complexity index is 290.